The predicted molar refractivity (Wildman–Crippen MR) is 95.1 cm³/mol. The van der Waals surface area contributed by atoms with E-state index in [9.17, 15) is 14.4 Å². The second-order valence-corrected chi connectivity index (χ2v) is 7.48. The maximum Gasteiger partial charge on any atom is 0.255 e. The Morgan fingerprint density at radius 3 is 2.77 bits per heavy atom. The van der Waals surface area contributed by atoms with Crippen molar-refractivity contribution in [2.24, 2.45) is 5.92 Å². The molecule has 3 N–H and O–H groups in total. The Balaban J connectivity index is 1.43. The molecule has 0 aliphatic carbocycles. The third kappa shape index (κ3) is 3.12. The average molecular weight is 356 g/mol. The van der Waals surface area contributed by atoms with Crippen LogP contribution >= 0.6 is 0 Å². The quantitative estimate of drug-likeness (QED) is 0.653. The van der Waals surface area contributed by atoms with Crippen LogP contribution in [0.4, 0.5) is 0 Å². The van der Waals surface area contributed by atoms with Gasteiger partial charge in [-0.15, -0.1) is 0 Å². The molecule has 0 spiro atoms. The van der Waals surface area contributed by atoms with Crippen LogP contribution in [0.1, 0.15) is 41.3 Å². The molecule has 0 bridgehead atoms. The number of nitrogens with one attached hydrogen (secondary N) is 3. The molecule has 7 heteroatoms. The summed E-state index contributed by atoms with van der Waals surface area (Å²) in [4.78, 5) is 37.7. The summed E-state index contributed by atoms with van der Waals surface area (Å²) in [6.45, 7) is 5.52. The molecule has 2 fully saturated rings. The highest BCUT2D eigenvalue weighted by Gasteiger charge is 2.39. The van der Waals surface area contributed by atoms with E-state index >= 15 is 0 Å². The predicted octanol–water partition coefficient (Wildman–Crippen LogP) is 0.145. The molecule has 4 rings (SSSR count). The van der Waals surface area contributed by atoms with Crippen molar-refractivity contribution in [2.45, 2.75) is 44.9 Å². The Bertz CT molecular complexity index is 759. The first-order valence-electron chi connectivity index (χ1n) is 9.23. The zero-order valence-corrected chi connectivity index (χ0v) is 14.9. The van der Waals surface area contributed by atoms with Crippen molar-refractivity contribution in [2.75, 3.05) is 13.1 Å². The molecule has 3 amide bonds. The van der Waals surface area contributed by atoms with Crippen LogP contribution in [0.2, 0.25) is 0 Å². The lowest BCUT2D eigenvalue weighted by molar-refractivity contribution is -0.136. The first-order chi connectivity index (χ1) is 12.5. The summed E-state index contributed by atoms with van der Waals surface area (Å²) in [6, 6.07) is 5.78. The number of nitrogens with zero attached hydrogens (tertiary/aromatic N) is 1. The van der Waals surface area contributed by atoms with E-state index in [-0.39, 0.29) is 24.1 Å². The first-order valence-corrected chi connectivity index (χ1v) is 9.23. The second-order valence-electron chi connectivity index (χ2n) is 7.48. The number of benzene rings is 1. The highest BCUT2D eigenvalue weighted by atomic mass is 16.2. The first kappa shape index (κ1) is 17.2. The van der Waals surface area contributed by atoms with E-state index in [2.05, 4.69) is 28.9 Å². The van der Waals surface area contributed by atoms with Crippen LogP contribution in [-0.2, 0) is 22.7 Å². The topological polar surface area (TPSA) is 90.5 Å². The Morgan fingerprint density at radius 1 is 1.27 bits per heavy atom. The summed E-state index contributed by atoms with van der Waals surface area (Å²) in [5.74, 6) is -0.0799. The van der Waals surface area contributed by atoms with E-state index in [0.717, 1.165) is 30.8 Å². The van der Waals surface area contributed by atoms with Gasteiger partial charge in [0, 0.05) is 44.2 Å². The fourth-order valence-corrected chi connectivity index (χ4v) is 3.85. The Kier molecular flexibility index (Phi) is 4.50. The molecule has 3 aliphatic rings. The van der Waals surface area contributed by atoms with E-state index in [1.165, 1.54) is 0 Å². The van der Waals surface area contributed by atoms with Gasteiger partial charge in [0.25, 0.3) is 5.91 Å². The van der Waals surface area contributed by atoms with E-state index in [0.29, 0.717) is 30.5 Å². The molecule has 0 saturated carbocycles. The maximum atomic E-state index is 12.7. The standard InChI is InChI=1S/C19H24N4O3/c1-11(14-8-20-9-14)21-7-12-2-3-15-13(6-12)10-23(19(15)26)16-4-5-17(24)22-18(16)25/h2-3,6,11,14,16,20-21H,4-5,7-10H2,1H3,(H,22,24,25)/t11-,16?/m1/s1. The number of amides is 3. The normalized spacial score (nSPS) is 24.3. The van der Waals surface area contributed by atoms with Crippen LogP contribution in [-0.4, -0.2) is 47.8 Å². The highest BCUT2D eigenvalue weighted by molar-refractivity contribution is 6.05. The van der Waals surface area contributed by atoms with Gasteiger partial charge in [-0.25, -0.2) is 0 Å². The average Bonchev–Trinajstić information content (AvgIpc) is 2.88. The molecule has 1 aromatic carbocycles. The van der Waals surface area contributed by atoms with E-state index in [1.54, 1.807) is 4.90 Å². The molecule has 0 aromatic heterocycles. The summed E-state index contributed by atoms with van der Waals surface area (Å²) in [6.07, 6.45) is 0.672. The number of piperidine rings is 1. The largest absolute Gasteiger partial charge is 0.322 e. The maximum absolute atomic E-state index is 12.7. The van der Waals surface area contributed by atoms with E-state index in [4.69, 9.17) is 0 Å². The molecule has 3 heterocycles. The van der Waals surface area contributed by atoms with E-state index < -0.39 is 6.04 Å². The zero-order chi connectivity index (χ0) is 18.3. The molecule has 1 unspecified atom stereocenters. The van der Waals surface area contributed by atoms with Gasteiger partial charge in [-0.05, 0) is 36.5 Å². The van der Waals surface area contributed by atoms with Gasteiger partial charge in [0.2, 0.25) is 11.8 Å². The minimum absolute atomic E-state index is 0.122. The molecule has 2 atom stereocenters. The van der Waals surface area contributed by atoms with Crippen LogP contribution in [0.15, 0.2) is 18.2 Å². The molecular weight excluding hydrogens is 332 g/mol. The fraction of sp³-hybridized carbons (Fsp3) is 0.526. The third-order valence-corrected chi connectivity index (χ3v) is 5.74. The third-order valence-electron chi connectivity index (χ3n) is 5.74. The van der Waals surface area contributed by atoms with Gasteiger partial charge in [0.05, 0.1) is 0 Å². The Morgan fingerprint density at radius 2 is 2.08 bits per heavy atom. The van der Waals surface area contributed by atoms with Gasteiger partial charge in [-0.3, -0.25) is 19.7 Å². The molecule has 2 saturated heterocycles. The highest BCUT2D eigenvalue weighted by Crippen LogP contribution is 2.28. The molecule has 1 aromatic rings. The number of carbonyl (C=O) groups is 3. The summed E-state index contributed by atoms with van der Waals surface area (Å²) in [7, 11) is 0. The number of carbonyl (C=O) groups excluding carboxylic acids is 3. The monoisotopic (exact) mass is 356 g/mol. The van der Waals surface area contributed by atoms with Gasteiger partial charge in [-0.1, -0.05) is 12.1 Å². The van der Waals surface area contributed by atoms with Crippen molar-refractivity contribution in [3.05, 3.63) is 34.9 Å². The molecule has 3 aliphatic heterocycles. The number of hydrogen-bond donors (Lipinski definition) is 3. The van der Waals surface area contributed by atoms with Crippen molar-refractivity contribution < 1.29 is 14.4 Å². The van der Waals surface area contributed by atoms with Crippen LogP contribution in [0.3, 0.4) is 0 Å². The van der Waals surface area contributed by atoms with Gasteiger partial charge in [0.15, 0.2) is 0 Å². The smallest absolute Gasteiger partial charge is 0.255 e. The van der Waals surface area contributed by atoms with Crippen LogP contribution in [0.5, 0.6) is 0 Å². The molecule has 7 nitrogen and oxygen atoms in total. The summed E-state index contributed by atoms with van der Waals surface area (Å²) in [5, 5.41) is 9.17. The number of fused-ring (bicyclic) bond motifs is 1. The summed E-state index contributed by atoms with van der Waals surface area (Å²) < 4.78 is 0. The summed E-state index contributed by atoms with van der Waals surface area (Å²) in [5.41, 5.74) is 2.76. The van der Waals surface area contributed by atoms with Gasteiger partial charge in [-0.2, -0.15) is 0 Å². The van der Waals surface area contributed by atoms with Crippen LogP contribution in [0.25, 0.3) is 0 Å². The number of rotatable bonds is 5. The van der Waals surface area contributed by atoms with Crippen LogP contribution in [0, 0.1) is 5.92 Å². The molecular formula is C19H24N4O3. The Hall–Kier alpha value is -2.25. The molecule has 0 radical (unpaired) electrons. The SMILES string of the molecule is C[C@@H](NCc1ccc2c(c1)CN(C1CCC(=O)NC1=O)C2=O)C1CNC1. The number of imide groups is 1. The van der Waals surface area contributed by atoms with Gasteiger partial charge in [0.1, 0.15) is 6.04 Å². The van der Waals surface area contributed by atoms with Crippen molar-refractivity contribution in [1.29, 1.82) is 0 Å². The summed E-state index contributed by atoms with van der Waals surface area (Å²) >= 11 is 0. The Labute approximate surface area is 152 Å². The lowest BCUT2D eigenvalue weighted by Gasteiger charge is -2.33. The minimum Gasteiger partial charge on any atom is -0.322 e. The van der Waals surface area contributed by atoms with Crippen molar-refractivity contribution in [3.63, 3.8) is 0 Å². The van der Waals surface area contributed by atoms with Crippen molar-refractivity contribution in [1.82, 2.24) is 20.9 Å². The molecule has 138 valence electrons. The minimum atomic E-state index is -0.555. The number of hydrogen-bond acceptors (Lipinski definition) is 5. The molecule has 26 heavy (non-hydrogen) atoms. The van der Waals surface area contributed by atoms with E-state index in [1.807, 2.05) is 12.1 Å². The fourth-order valence-electron chi connectivity index (χ4n) is 3.85. The second kappa shape index (κ2) is 6.81. The lowest BCUT2D eigenvalue weighted by Crippen LogP contribution is -2.52. The van der Waals surface area contributed by atoms with Crippen molar-refractivity contribution >= 4 is 17.7 Å². The van der Waals surface area contributed by atoms with Crippen LogP contribution < -0.4 is 16.0 Å². The van der Waals surface area contributed by atoms with Gasteiger partial charge >= 0.3 is 0 Å². The zero-order valence-electron chi connectivity index (χ0n) is 14.9. The lowest BCUT2D eigenvalue weighted by atomic mass is 9.95. The van der Waals surface area contributed by atoms with Gasteiger partial charge < -0.3 is 15.5 Å². The van der Waals surface area contributed by atoms with Crippen molar-refractivity contribution in [3.8, 4) is 0 Å².